The minimum Gasteiger partial charge on any atom is -0.493 e. The predicted octanol–water partition coefficient (Wildman–Crippen LogP) is 4.65. The highest BCUT2D eigenvalue weighted by Crippen LogP contribution is 2.38. The van der Waals surface area contributed by atoms with Crippen LogP contribution in [0.5, 0.6) is 23.0 Å². The van der Waals surface area contributed by atoms with Crippen LogP contribution in [0, 0.1) is 6.92 Å². The predicted molar refractivity (Wildman–Crippen MR) is 106 cm³/mol. The summed E-state index contributed by atoms with van der Waals surface area (Å²) in [6.07, 6.45) is 0. The van der Waals surface area contributed by atoms with E-state index in [0.29, 0.717) is 24.7 Å². The summed E-state index contributed by atoms with van der Waals surface area (Å²) in [6.45, 7) is 3.20. The van der Waals surface area contributed by atoms with Crippen molar-refractivity contribution in [3.8, 4) is 34.3 Å². The second-order valence-corrected chi connectivity index (χ2v) is 7.18. The Morgan fingerprint density at radius 3 is 2.52 bits per heavy atom. The van der Waals surface area contributed by atoms with Crippen LogP contribution in [-0.2, 0) is 0 Å². The van der Waals surface area contributed by atoms with E-state index in [1.807, 2.05) is 36.4 Å². The SMILES string of the molecule is COc1ccc(-c2nc(Nc3ccc4c(c3)OCCO4)sc2C)cc1OC. The fourth-order valence-electron chi connectivity index (χ4n) is 2.95. The topological polar surface area (TPSA) is 61.8 Å². The number of nitrogens with zero attached hydrogens (tertiary/aromatic N) is 1. The monoisotopic (exact) mass is 384 g/mol. The minimum atomic E-state index is 0.566. The van der Waals surface area contributed by atoms with Crippen molar-refractivity contribution >= 4 is 22.2 Å². The van der Waals surface area contributed by atoms with Gasteiger partial charge in [-0.1, -0.05) is 0 Å². The number of nitrogens with one attached hydrogen (secondary N) is 1. The summed E-state index contributed by atoms with van der Waals surface area (Å²) in [5.41, 5.74) is 2.81. The molecule has 0 bridgehead atoms. The van der Waals surface area contributed by atoms with Crippen LogP contribution in [0.15, 0.2) is 36.4 Å². The Morgan fingerprint density at radius 1 is 0.963 bits per heavy atom. The van der Waals surface area contributed by atoms with Gasteiger partial charge in [0, 0.05) is 22.2 Å². The Bertz CT molecular complexity index is 971. The van der Waals surface area contributed by atoms with Gasteiger partial charge in [0.15, 0.2) is 28.1 Å². The first kappa shape index (κ1) is 17.5. The maximum atomic E-state index is 5.64. The van der Waals surface area contributed by atoms with Crippen molar-refractivity contribution in [2.45, 2.75) is 6.92 Å². The summed E-state index contributed by atoms with van der Waals surface area (Å²) >= 11 is 1.60. The molecule has 0 aliphatic carbocycles. The highest BCUT2D eigenvalue weighted by Gasteiger charge is 2.15. The van der Waals surface area contributed by atoms with Crippen LogP contribution in [0.2, 0.25) is 0 Å². The first-order valence-electron chi connectivity index (χ1n) is 8.54. The number of hydrogen-bond donors (Lipinski definition) is 1. The molecule has 7 heteroatoms. The Kier molecular flexibility index (Phi) is 4.77. The summed E-state index contributed by atoms with van der Waals surface area (Å²) in [5.74, 6) is 2.90. The van der Waals surface area contributed by atoms with E-state index in [4.69, 9.17) is 23.9 Å². The molecule has 27 heavy (non-hydrogen) atoms. The molecule has 4 rings (SSSR count). The number of aryl methyl sites for hydroxylation is 1. The van der Waals surface area contributed by atoms with Crippen molar-refractivity contribution in [2.24, 2.45) is 0 Å². The van der Waals surface area contributed by atoms with Gasteiger partial charge in [-0.05, 0) is 37.3 Å². The van der Waals surface area contributed by atoms with Gasteiger partial charge < -0.3 is 24.3 Å². The third-order valence-electron chi connectivity index (χ3n) is 4.25. The molecule has 2 aromatic carbocycles. The van der Waals surface area contributed by atoms with Gasteiger partial charge in [-0.25, -0.2) is 4.98 Å². The van der Waals surface area contributed by atoms with E-state index in [-0.39, 0.29) is 0 Å². The van der Waals surface area contributed by atoms with Crippen molar-refractivity contribution < 1.29 is 18.9 Å². The average molecular weight is 384 g/mol. The van der Waals surface area contributed by atoms with Gasteiger partial charge in [0.2, 0.25) is 0 Å². The lowest BCUT2D eigenvalue weighted by atomic mass is 10.1. The van der Waals surface area contributed by atoms with Crippen LogP contribution < -0.4 is 24.3 Å². The smallest absolute Gasteiger partial charge is 0.187 e. The van der Waals surface area contributed by atoms with E-state index in [2.05, 4.69) is 12.2 Å². The summed E-state index contributed by atoms with van der Waals surface area (Å²) in [7, 11) is 3.26. The third kappa shape index (κ3) is 3.50. The molecule has 1 aliphatic rings. The Balaban J connectivity index is 1.60. The Morgan fingerprint density at radius 2 is 1.74 bits per heavy atom. The molecule has 0 unspecified atom stereocenters. The van der Waals surface area contributed by atoms with E-state index in [9.17, 15) is 0 Å². The number of rotatable bonds is 5. The molecule has 3 aromatic rings. The maximum absolute atomic E-state index is 5.64. The molecule has 1 aliphatic heterocycles. The Hall–Kier alpha value is -2.93. The van der Waals surface area contributed by atoms with Crippen molar-refractivity contribution in [1.82, 2.24) is 4.98 Å². The minimum absolute atomic E-state index is 0.566. The van der Waals surface area contributed by atoms with E-state index in [1.165, 1.54) is 0 Å². The number of fused-ring (bicyclic) bond motifs is 1. The molecule has 1 aromatic heterocycles. The fraction of sp³-hybridized carbons (Fsp3) is 0.250. The van der Waals surface area contributed by atoms with Crippen molar-refractivity contribution in [1.29, 1.82) is 0 Å². The summed E-state index contributed by atoms with van der Waals surface area (Å²) in [5, 5.41) is 4.17. The largest absolute Gasteiger partial charge is 0.493 e. The first-order chi connectivity index (χ1) is 13.2. The molecule has 140 valence electrons. The van der Waals surface area contributed by atoms with Gasteiger partial charge in [-0.2, -0.15) is 0 Å². The van der Waals surface area contributed by atoms with Crippen LogP contribution in [0.4, 0.5) is 10.8 Å². The van der Waals surface area contributed by atoms with E-state index < -0.39 is 0 Å². The summed E-state index contributed by atoms with van der Waals surface area (Å²) in [4.78, 5) is 5.87. The molecule has 0 atom stereocenters. The van der Waals surface area contributed by atoms with Crippen LogP contribution in [0.3, 0.4) is 0 Å². The summed E-state index contributed by atoms with van der Waals surface area (Å²) < 4.78 is 21.9. The highest BCUT2D eigenvalue weighted by atomic mass is 32.1. The van der Waals surface area contributed by atoms with E-state index >= 15 is 0 Å². The standard InChI is InChI=1S/C20H20N2O4S/c1-12-19(13-4-6-15(23-2)17(10-13)24-3)22-20(27-12)21-14-5-7-16-18(11-14)26-9-8-25-16/h4-7,10-11H,8-9H2,1-3H3,(H,21,22). The van der Waals surface area contributed by atoms with Gasteiger partial charge in [-0.3, -0.25) is 0 Å². The van der Waals surface area contributed by atoms with Crippen molar-refractivity contribution in [3.05, 3.63) is 41.3 Å². The molecule has 2 heterocycles. The molecule has 0 fully saturated rings. The van der Waals surface area contributed by atoms with Gasteiger partial charge in [-0.15, -0.1) is 11.3 Å². The third-order valence-corrected chi connectivity index (χ3v) is 5.13. The second kappa shape index (κ2) is 7.36. The second-order valence-electron chi connectivity index (χ2n) is 5.98. The lowest BCUT2D eigenvalue weighted by Gasteiger charge is -2.18. The zero-order valence-electron chi connectivity index (χ0n) is 15.4. The van der Waals surface area contributed by atoms with Crippen LogP contribution in [-0.4, -0.2) is 32.4 Å². The number of thiazole rings is 1. The van der Waals surface area contributed by atoms with Crippen LogP contribution in [0.25, 0.3) is 11.3 Å². The first-order valence-corrected chi connectivity index (χ1v) is 9.36. The number of benzene rings is 2. The van der Waals surface area contributed by atoms with Gasteiger partial charge in [0.1, 0.15) is 13.2 Å². The molecule has 0 spiro atoms. The lowest BCUT2D eigenvalue weighted by Crippen LogP contribution is -2.15. The highest BCUT2D eigenvalue weighted by molar-refractivity contribution is 7.16. The number of ether oxygens (including phenoxy) is 4. The number of hydrogen-bond acceptors (Lipinski definition) is 7. The van der Waals surface area contributed by atoms with E-state index in [0.717, 1.165) is 38.5 Å². The number of methoxy groups -OCH3 is 2. The quantitative estimate of drug-likeness (QED) is 0.691. The molecular weight excluding hydrogens is 364 g/mol. The lowest BCUT2D eigenvalue weighted by molar-refractivity contribution is 0.171. The fourth-order valence-corrected chi connectivity index (χ4v) is 3.80. The molecule has 1 N–H and O–H groups in total. The van der Waals surface area contributed by atoms with Crippen LogP contribution in [0.1, 0.15) is 4.88 Å². The zero-order chi connectivity index (χ0) is 18.8. The Labute approximate surface area is 161 Å². The van der Waals surface area contributed by atoms with E-state index in [1.54, 1.807) is 25.6 Å². The molecule has 0 amide bonds. The molecule has 0 saturated carbocycles. The summed E-state index contributed by atoms with van der Waals surface area (Å²) in [6, 6.07) is 11.6. The normalized spacial score (nSPS) is 12.6. The molecule has 0 saturated heterocycles. The average Bonchev–Trinajstić information content (AvgIpc) is 3.07. The van der Waals surface area contributed by atoms with Crippen molar-refractivity contribution in [2.75, 3.05) is 32.8 Å². The number of anilines is 2. The molecular formula is C20H20N2O4S. The van der Waals surface area contributed by atoms with Gasteiger partial charge in [0.05, 0.1) is 19.9 Å². The molecule has 0 radical (unpaired) electrons. The molecule has 6 nitrogen and oxygen atoms in total. The van der Waals surface area contributed by atoms with Gasteiger partial charge in [0.25, 0.3) is 0 Å². The van der Waals surface area contributed by atoms with Gasteiger partial charge >= 0.3 is 0 Å². The van der Waals surface area contributed by atoms with Crippen molar-refractivity contribution in [3.63, 3.8) is 0 Å². The zero-order valence-corrected chi connectivity index (χ0v) is 16.2. The van der Waals surface area contributed by atoms with Crippen LogP contribution >= 0.6 is 11.3 Å². The maximum Gasteiger partial charge on any atom is 0.187 e. The number of aromatic nitrogens is 1.